The van der Waals surface area contributed by atoms with E-state index in [1.54, 1.807) is 30.7 Å². The SMILES string of the molecule is CC[C@H](C)[C@@H](CO[Si](C)(C)C(C)(C)C)N(CCC(OC)OC)S(=O)(=O)c1ccc(C)cc1. The molecule has 1 aromatic carbocycles. The highest BCUT2D eigenvalue weighted by molar-refractivity contribution is 7.89. The van der Waals surface area contributed by atoms with Crippen molar-refractivity contribution in [2.45, 2.75) is 89.7 Å². The van der Waals surface area contributed by atoms with Gasteiger partial charge in [-0.25, -0.2) is 8.42 Å². The molecule has 0 amide bonds. The van der Waals surface area contributed by atoms with Gasteiger partial charge in [-0.15, -0.1) is 0 Å². The number of hydrogen-bond acceptors (Lipinski definition) is 5. The maximum Gasteiger partial charge on any atom is 0.243 e. The van der Waals surface area contributed by atoms with Crippen molar-refractivity contribution < 1.29 is 22.3 Å². The van der Waals surface area contributed by atoms with Crippen LogP contribution in [0.2, 0.25) is 18.1 Å². The van der Waals surface area contributed by atoms with Crippen LogP contribution in [0, 0.1) is 12.8 Å². The molecule has 0 heterocycles. The Labute approximate surface area is 197 Å². The molecule has 0 aliphatic rings. The minimum Gasteiger partial charge on any atom is -0.415 e. The monoisotopic (exact) mass is 487 g/mol. The maximum absolute atomic E-state index is 13.8. The lowest BCUT2D eigenvalue weighted by Crippen LogP contribution is -2.51. The fraction of sp³-hybridized carbons (Fsp3) is 0.750. The summed E-state index contributed by atoms with van der Waals surface area (Å²) in [6, 6.07) is 6.76. The maximum atomic E-state index is 13.8. The summed E-state index contributed by atoms with van der Waals surface area (Å²) in [7, 11) is -2.64. The highest BCUT2D eigenvalue weighted by Gasteiger charge is 2.40. The first-order valence-corrected chi connectivity index (χ1v) is 15.8. The van der Waals surface area contributed by atoms with Crippen molar-refractivity contribution in [3.63, 3.8) is 0 Å². The smallest absolute Gasteiger partial charge is 0.243 e. The Morgan fingerprint density at radius 3 is 2.03 bits per heavy atom. The molecule has 6 nitrogen and oxygen atoms in total. The minimum atomic E-state index is -3.73. The van der Waals surface area contributed by atoms with Crippen molar-refractivity contribution in [1.29, 1.82) is 0 Å². The van der Waals surface area contributed by atoms with Gasteiger partial charge < -0.3 is 13.9 Å². The second kappa shape index (κ2) is 12.1. The molecule has 0 aliphatic heterocycles. The molecule has 1 aromatic rings. The Morgan fingerprint density at radius 1 is 1.06 bits per heavy atom. The number of aryl methyl sites for hydroxylation is 1. The summed E-state index contributed by atoms with van der Waals surface area (Å²) in [6.45, 7) is 17.8. The topological polar surface area (TPSA) is 65.1 Å². The van der Waals surface area contributed by atoms with Crippen LogP contribution in [0.1, 0.15) is 53.0 Å². The lowest BCUT2D eigenvalue weighted by Gasteiger charge is -2.41. The van der Waals surface area contributed by atoms with Crippen LogP contribution in [-0.2, 0) is 23.9 Å². The number of methoxy groups -OCH3 is 2. The second-order valence-electron chi connectivity index (χ2n) is 10.1. The van der Waals surface area contributed by atoms with Gasteiger partial charge in [0.15, 0.2) is 14.6 Å². The normalized spacial score (nSPS) is 15.4. The number of sulfonamides is 1. The van der Waals surface area contributed by atoms with Crippen molar-refractivity contribution in [2.75, 3.05) is 27.4 Å². The lowest BCUT2D eigenvalue weighted by atomic mass is 10.00. The molecular formula is C24H45NO5SSi. The summed E-state index contributed by atoms with van der Waals surface area (Å²) in [4.78, 5) is 0.301. The lowest BCUT2D eigenvalue weighted by molar-refractivity contribution is -0.108. The molecule has 0 N–H and O–H groups in total. The number of nitrogens with zero attached hydrogens (tertiary/aromatic N) is 1. The fourth-order valence-electron chi connectivity index (χ4n) is 3.19. The van der Waals surface area contributed by atoms with Crippen LogP contribution < -0.4 is 0 Å². The van der Waals surface area contributed by atoms with Crippen LogP contribution in [0.4, 0.5) is 0 Å². The van der Waals surface area contributed by atoms with Gasteiger partial charge in [0.1, 0.15) is 0 Å². The first kappa shape index (κ1) is 29.3. The molecule has 0 radical (unpaired) electrons. The molecular weight excluding hydrogens is 442 g/mol. The first-order chi connectivity index (χ1) is 14.7. The third-order valence-electron chi connectivity index (χ3n) is 6.83. The Morgan fingerprint density at radius 2 is 1.59 bits per heavy atom. The summed E-state index contributed by atoms with van der Waals surface area (Å²) in [6.07, 6.45) is 0.818. The largest absolute Gasteiger partial charge is 0.415 e. The van der Waals surface area contributed by atoms with E-state index in [4.69, 9.17) is 13.9 Å². The zero-order valence-corrected chi connectivity index (χ0v) is 23.6. The predicted molar refractivity (Wildman–Crippen MR) is 134 cm³/mol. The summed E-state index contributed by atoms with van der Waals surface area (Å²) >= 11 is 0. The average Bonchev–Trinajstić information content (AvgIpc) is 2.71. The molecule has 0 fully saturated rings. The van der Waals surface area contributed by atoms with Gasteiger partial charge in [-0.1, -0.05) is 58.7 Å². The van der Waals surface area contributed by atoms with Gasteiger partial charge in [-0.2, -0.15) is 4.31 Å². The van der Waals surface area contributed by atoms with Gasteiger partial charge in [0.05, 0.1) is 11.5 Å². The number of rotatable bonds is 13. The van der Waals surface area contributed by atoms with Crippen LogP contribution in [0.3, 0.4) is 0 Å². The van der Waals surface area contributed by atoms with Crippen molar-refractivity contribution in [3.8, 4) is 0 Å². The van der Waals surface area contributed by atoms with Crippen LogP contribution in [0.15, 0.2) is 29.2 Å². The van der Waals surface area contributed by atoms with E-state index in [1.807, 2.05) is 19.1 Å². The van der Waals surface area contributed by atoms with Gasteiger partial charge in [0.2, 0.25) is 10.0 Å². The highest BCUT2D eigenvalue weighted by Crippen LogP contribution is 2.37. The third kappa shape index (κ3) is 7.63. The molecule has 0 bridgehead atoms. The van der Waals surface area contributed by atoms with Crippen molar-refractivity contribution in [3.05, 3.63) is 29.8 Å². The zero-order valence-electron chi connectivity index (χ0n) is 21.8. The number of ether oxygens (including phenoxy) is 2. The van der Waals surface area contributed by atoms with Gasteiger partial charge in [0, 0.05) is 33.2 Å². The average molecular weight is 488 g/mol. The Kier molecular flexibility index (Phi) is 11.0. The molecule has 2 atom stereocenters. The molecule has 0 unspecified atom stereocenters. The van der Waals surface area contributed by atoms with E-state index in [0.29, 0.717) is 24.5 Å². The van der Waals surface area contributed by atoms with E-state index < -0.39 is 24.6 Å². The van der Waals surface area contributed by atoms with E-state index in [2.05, 4.69) is 47.7 Å². The summed E-state index contributed by atoms with van der Waals surface area (Å²) in [5.41, 5.74) is 1.02. The van der Waals surface area contributed by atoms with Crippen LogP contribution in [0.5, 0.6) is 0 Å². The van der Waals surface area contributed by atoms with Crippen LogP contribution >= 0.6 is 0 Å². The van der Waals surface area contributed by atoms with Crippen LogP contribution in [0.25, 0.3) is 0 Å². The molecule has 0 saturated carbocycles. The number of benzene rings is 1. The van der Waals surface area contributed by atoms with E-state index in [1.165, 1.54) is 0 Å². The van der Waals surface area contributed by atoms with E-state index in [0.717, 1.165) is 12.0 Å². The summed E-state index contributed by atoms with van der Waals surface area (Å²) in [5.74, 6) is 0.128. The molecule has 8 heteroatoms. The fourth-order valence-corrected chi connectivity index (χ4v) is 5.93. The highest BCUT2D eigenvalue weighted by atomic mass is 32.2. The molecule has 0 aliphatic carbocycles. The van der Waals surface area contributed by atoms with E-state index in [9.17, 15) is 8.42 Å². The van der Waals surface area contributed by atoms with Gasteiger partial charge in [-0.3, -0.25) is 0 Å². The molecule has 0 aromatic heterocycles. The van der Waals surface area contributed by atoms with Crippen molar-refractivity contribution in [2.24, 2.45) is 5.92 Å². The minimum absolute atomic E-state index is 0.0465. The molecule has 0 spiro atoms. The standard InChI is InChI=1S/C24H45NO5SSi/c1-11-20(3)22(18-30-32(9,10)24(4,5)6)25(17-16-23(28-7)29-8)31(26,27)21-14-12-19(2)13-15-21/h12-15,20,22-23H,11,16-18H2,1-10H3/t20-,22+/m0/s1. The molecule has 32 heavy (non-hydrogen) atoms. The van der Waals surface area contributed by atoms with Gasteiger partial charge in [0.25, 0.3) is 0 Å². The second-order valence-corrected chi connectivity index (χ2v) is 16.8. The Bertz CT molecular complexity index is 786. The van der Waals surface area contributed by atoms with Gasteiger partial charge in [-0.05, 0) is 43.1 Å². The third-order valence-corrected chi connectivity index (χ3v) is 13.3. The first-order valence-electron chi connectivity index (χ1n) is 11.5. The van der Waals surface area contributed by atoms with Crippen LogP contribution in [-0.4, -0.2) is 60.7 Å². The van der Waals surface area contributed by atoms with E-state index in [-0.39, 0.29) is 17.0 Å². The van der Waals surface area contributed by atoms with E-state index >= 15 is 0 Å². The zero-order chi connectivity index (χ0) is 24.7. The number of hydrogen-bond donors (Lipinski definition) is 0. The van der Waals surface area contributed by atoms with Gasteiger partial charge >= 0.3 is 0 Å². The molecule has 1 rings (SSSR count). The summed E-state index contributed by atoms with van der Waals surface area (Å²) in [5, 5.41) is 0.0465. The van der Waals surface area contributed by atoms with Crippen molar-refractivity contribution in [1.82, 2.24) is 4.31 Å². The quantitative estimate of drug-likeness (QED) is 0.274. The Balaban J connectivity index is 3.38. The molecule has 186 valence electrons. The predicted octanol–water partition coefficient (Wildman–Crippen LogP) is 5.43. The van der Waals surface area contributed by atoms with Crippen molar-refractivity contribution >= 4 is 18.3 Å². The summed E-state index contributed by atoms with van der Waals surface area (Å²) < 4.78 is 46.5. The molecule has 0 saturated heterocycles. The Hall–Kier alpha value is -0.773.